The fourth-order valence-corrected chi connectivity index (χ4v) is 1.31. The molecule has 1 aromatic carbocycles. The highest BCUT2D eigenvalue weighted by atomic mass is 19.1. The minimum Gasteiger partial charge on any atom is -0.338 e. The highest BCUT2D eigenvalue weighted by molar-refractivity contribution is 5.53. The lowest BCUT2D eigenvalue weighted by Gasteiger charge is -1.93. The first-order valence-electron chi connectivity index (χ1n) is 5.02. The standard InChI is InChI=1S/C12H10FN3O/c1-2-6-14-8-11-15-12(16-17-11)9-4-3-5-10(13)7-9/h1,3-5,7,14H,6,8H2. The molecule has 0 atom stereocenters. The Hall–Kier alpha value is -2.19. The van der Waals surface area contributed by atoms with Gasteiger partial charge in [0.25, 0.3) is 0 Å². The van der Waals surface area contributed by atoms with Crippen molar-refractivity contribution >= 4 is 0 Å². The summed E-state index contributed by atoms with van der Waals surface area (Å²) in [5.41, 5.74) is 0.581. The Morgan fingerprint density at radius 3 is 3.12 bits per heavy atom. The molecule has 1 aromatic heterocycles. The van der Waals surface area contributed by atoms with Crippen molar-refractivity contribution in [2.45, 2.75) is 6.54 Å². The quantitative estimate of drug-likeness (QED) is 0.641. The molecule has 0 saturated carbocycles. The largest absolute Gasteiger partial charge is 0.338 e. The van der Waals surface area contributed by atoms with Crippen molar-refractivity contribution in [2.24, 2.45) is 0 Å². The third kappa shape index (κ3) is 2.89. The van der Waals surface area contributed by atoms with Crippen LogP contribution in [0.4, 0.5) is 4.39 Å². The normalized spacial score (nSPS) is 10.1. The minimum absolute atomic E-state index is 0.334. The summed E-state index contributed by atoms with van der Waals surface area (Å²) in [6, 6.07) is 6.02. The van der Waals surface area contributed by atoms with Crippen LogP contribution in [0.1, 0.15) is 5.89 Å². The van der Waals surface area contributed by atoms with E-state index in [1.807, 2.05) is 0 Å². The molecule has 0 bridgehead atoms. The van der Waals surface area contributed by atoms with E-state index in [0.717, 1.165) is 0 Å². The number of aromatic nitrogens is 2. The van der Waals surface area contributed by atoms with E-state index < -0.39 is 0 Å². The van der Waals surface area contributed by atoms with Crippen molar-refractivity contribution in [3.63, 3.8) is 0 Å². The van der Waals surface area contributed by atoms with Crippen LogP contribution in [-0.4, -0.2) is 16.7 Å². The average molecular weight is 231 g/mol. The predicted octanol–water partition coefficient (Wildman–Crippen LogP) is 1.60. The first kappa shape index (κ1) is 11.3. The third-order valence-electron chi connectivity index (χ3n) is 2.05. The molecule has 0 unspecified atom stereocenters. The SMILES string of the molecule is C#CCNCc1nc(-c2cccc(F)c2)no1. The highest BCUT2D eigenvalue weighted by Gasteiger charge is 2.08. The molecule has 0 amide bonds. The van der Waals surface area contributed by atoms with E-state index in [1.54, 1.807) is 12.1 Å². The van der Waals surface area contributed by atoms with Gasteiger partial charge >= 0.3 is 0 Å². The number of halogens is 1. The average Bonchev–Trinajstić information content (AvgIpc) is 2.78. The molecule has 17 heavy (non-hydrogen) atoms. The second-order valence-corrected chi connectivity index (χ2v) is 3.33. The number of hydrogen-bond acceptors (Lipinski definition) is 4. The summed E-state index contributed by atoms with van der Waals surface area (Å²) in [4.78, 5) is 4.12. The number of rotatable bonds is 4. The van der Waals surface area contributed by atoms with Gasteiger partial charge < -0.3 is 4.52 Å². The molecule has 1 heterocycles. The van der Waals surface area contributed by atoms with Gasteiger partial charge in [0, 0.05) is 5.56 Å². The van der Waals surface area contributed by atoms with Crippen LogP contribution < -0.4 is 5.32 Å². The predicted molar refractivity (Wildman–Crippen MR) is 60.2 cm³/mol. The van der Waals surface area contributed by atoms with E-state index in [1.165, 1.54) is 12.1 Å². The van der Waals surface area contributed by atoms with Gasteiger partial charge in [0.15, 0.2) is 0 Å². The Labute approximate surface area is 97.8 Å². The molecule has 5 heteroatoms. The Morgan fingerprint density at radius 1 is 1.47 bits per heavy atom. The molecule has 0 saturated heterocycles. The second-order valence-electron chi connectivity index (χ2n) is 3.33. The molecule has 0 aliphatic carbocycles. The zero-order chi connectivity index (χ0) is 12.1. The van der Waals surface area contributed by atoms with Crippen molar-refractivity contribution in [3.05, 3.63) is 36.0 Å². The number of hydrogen-bond donors (Lipinski definition) is 1. The number of terminal acetylenes is 1. The molecule has 2 rings (SSSR count). The van der Waals surface area contributed by atoms with Crippen molar-refractivity contribution in [2.75, 3.05) is 6.54 Å². The Bertz CT molecular complexity index is 545. The summed E-state index contributed by atoms with van der Waals surface area (Å²) in [6.45, 7) is 0.824. The molecule has 0 radical (unpaired) electrons. The zero-order valence-electron chi connectivity index (χ0n) is 8.98. The monoisotopic (exact) mass is 231 g/mol. The summed E-state index contributed by atoms with van der Waals surface area (Å²) < 4.78 is 18.0. The Morgan fingerprint density at radius 2 is 2.35 bits per heavy atom. The fourth-order valence-electron chi connectivity index (χ4n) is 1.31. The summed E-state index contributed by atoms with van der Waals surface area (Å²) in [6.07, 6.45) is 5.08. The summed E-state index contributed by atoms with van der Waals surface area (Å²) in [5, 5.41) is 6.68. The van der Waals surface area contributed by atoms with E-state index in [2.05, 4.69) is 21.4 Å². The molecule has 1 N–H and O–H groups in total. The van der Waals surface area contributed by atoms with Crippen LogP contribution in [-0.2, 0) is 6.54 Å². The molecular weight excluding hydrogens is 221 g/mol. The Kier molecular flexibility index (Phi) is 3.48. The minimum atomic E-state index is -0.334. The smallest absolute Gasteiger partial charge is 0.240 e. The lowest BCUT2D eigenvalue weighted by molar-refractivity contribution is 0.370. The van der Waals surface area contributed by atoms with E-state index >= 15 is 0 Å². The second kappa shape index (κ2) is 5.23. The number of nitrogens with one attached hydrogen (secondary N) is 1. The van der Waals surface area contributed by atoms with Crippen LogP contribution in [0.2, 0.25) is 0 Å². The van der Waals surface area contributed by atoms with E-state index in [-0.39, 0.29) is 5.82 Å². The van der Waals surface area contributed by atoms with Gasteiger partial charge in [-0.05, 0) is 12.1 Å². The number of nitrogens with zero attached hydrogens (tertiary/aromatic N) is 2. The van der Waals surface area contributed by atoms with E-state index in [9.17, 15) is 4.39 Å². The van der Waals surface area contributed by atoms with Gasteiger partial charge in [-0.3, -0.25) is 5.32 Å². The summed E-state index contributed by atoms with van der Waals surface area (Å²) >= 11 is 0. The first-order valence-corrected chi connectivity index (χ1v) is 5.02. The lowest BCUT2D eigenvalue weighted by atomic mass is 10.2. The molecule has 0 aliphatic heterocycles. The summed E-state index contributed by atoms with van der Waals surface area (Å²) in [5.74, 6) is 2.88. The van der Waals surface area contributed by atoms with Crippen LogP contribution in [0.15, 0.2) is 28.8 Å². The van der Waals surface area contributed by atoms with Crippen LogP contribution in [0, 0.1) is 18.2 Å². The number of benzene rings is 1. The molecule has 0 fully saturated rings. The van der Waals surface area contributed by atoms with Gasteiger partial charge in [0.2, 0.25) is 11.7 Å². The van der Waals surface area contributed by atoms with Gasteiger partial charge in [-0.25, -0.2) is 4.39 Å². The molecule has 2 aromatic rings. The van der Waals surface area contributed by atoms with Crippen LogP contribution in [0.3, 0.4) is 0 Å². The van der Waals surface area contributed by atoms with Crippen LogP contribution in [0.25, 0.3) is 11.4 Å². The van der Waals surface area contributed by atoms with Gasteiger partial charge in [-0.1, -0.05) is 23.2 Å². The maximum atomic E-state index is 13.0. The maximum Gasteiger partial charge on any atom is 0.240 e. The Balaban J connectivity index is 2.10. The van der Waals surface area contributed by atoms with Gasteiger partial charge in [-0.15, -0.1) is 6.42 Å². The van der Waals surface area contributed by atoms with Crippen molar-refractivity contribution in [3.8, 4) is 23.7 Å². The molecule has 86 valence electrons. The fraction of sp³-hybridized carbons (Fsp3) is 0.167. The first-order chi connectivity index (χ1) is 8.29. The van der Waals surface area contributed by atoms with Crippen molar-refractivity contribution in [1.29, 1.82) is 0 Å². The van der Waals surface area contributed by atoms with Crippen molar-refractivity contribution in [1.82, 2.24) is 15.5 Å². The third-order valence-corrected chi connectivity index (χ3v) is 2.05. The van der Waals surface area contributed by atoms with Gasteiger partial charge in [-0.2, -0.15) is 4.98 Å². The van der Waals surface area contributed by atoms with Crippen LogP contribution in [0.5, 0.6) is 0 Å². The summed E-state index contributed by atoms with van der Waals surface area (Å²) in [7, 11) is 0. The molecular formula is C12H10FN3O. The molecule has 0 spiro atoms. The maximum absolute atomic E-state index is 13.0. The van der Waals surface area contributed by atoms with Crippen LogP contribution >= 0.6 is 0 Å². The van der Waals surface area contributed by atoms with Gasteiger partial charge in [0.1, 0.15) is 5.82 Å². The van der Waals surface area contributed by atoms with E-state index in [4.69, 9.17) is 10.9 Å². The lowest BCUT2D eigenvalue weighted by Crippen LogP contribution is -2.13. The van der Waals surface area contributed by atoms with E-state index in [0.29, 0.717) is 30.4 Å². The van der Waals surface area contributed by atoms with Crippen molar-refractivity contribution < 1.29 is 8.91 Å². The zero-order valence-corrected chi connectivity index (χ0v) is 8.98. The molecule has 4 nitrogen and oxygen atoms in total. The highest BCUT2D eigenvalue weighted by Crippen LogP contribution is 2.16. The topological polar surface area (TPSA) is 51.0 Å². The molecule has 0 aliphatic rings. The van der Waals surface area contributed by atoms with Gasteiger partial charge in [0.05, 0.1) is 13.1 Å².